The number of aromatic nitrogens is 3. The molecular weight excluding hydrogens is 418 g/mol. The number of rotatable bonds is 4. The molecule has 126 valence electrons. The van der Waals surface area contributed by atoms with Gasteiger partial charge in [0.1, 0.15) is 0 Å². The van der Waals surface area contributed by atoms with E-state index in [0.717, 1.165) is 0 Å². The van der Waals surface area contributed by atoms with Crippen molar-refractivity contribution in [3.05, 3.63) is 0 Å². The molecule has 0 atom stereocenters. The fourth-order valence-corrected chi connectivity index (χ4v) is 7.65. The molecule has 22 heavy (non-hydrogen) atoms. The van der Waals surface area contributed by atoms with Gasteiger partial charge < -0.3 is 0 Å². The summed E-state index contributed by atoms with van der Waals surface area (Å²) in [5.74, 6) is -14.5. The SMILES string of the molecule is O=S(=O)([p+]1npnpn1)C(F)(F)C(F)(F)C(F)(F)C(F)(F)F. The monoisotopic (exact) mass is 418 g/mol. The Morgan fingerprint density at radius 1 is 0.773 bits per heavy atom. The number of hydrogen-bond acceptors (Lipinski definition) is 5. The van der Waals surface area contributed by atoms with Crippen LogP contribution in [0.4, 0.5) is 39.5 Å². The Kier molecular flexibility index (Phi) is 5.01. The van der Waals surface area contributed by atoms with Crippen molar-refractivity contribution in [3.63, 3.8) is 0 Å². The summed E-state index contributed by atoms with van der Waals surface area (Å²) < 4.78 is 145. The fraction of sp³-hybridized carbons (Fsp3) is 1.00. The standard InChI is InChI=1S/C4F9N3O2P3S/c5-1(6,3(9,10)11)2(7,8)4(12,13)22(17,18)21-15-19-14-20-16-21/q+1. The van der Waals surface area contributed by atoms with Gasteiger partial charge in [-0.1, -0.05) is 0 Å². The van der Waals surface area contributed by atoms with Crippen LogP contribution in [0, 0.1) is 0 Å². The molecule has 18 heteroatoms. The average molecular weight is 418 g/mol. The minimum atomic E-state index is -7.29. The largest absolute Gasteiger partial charge is 0.460 e. The molecule has 0 saturated heterocycles. The molecule has 0 aliphatic rings. The smallest absolute Gasteiger partial charge is 0.198 e. The minimum Gasteiger partial charge on any atom is -0.198 e. The highest BCUT2D eigenvalue weighted by Crippen LogP contribution is 2.57. The second kappa shape index (κ2) is 5.61. The van der Waals surface area contributed by atoms with Crippen molar-refractivity contribution in [2.75, 3.05) is 0 Å². The van der Waals surface area contributed by atoms with E-state index >= 15 is 0 Å². The molecule has 5 nitrogen and oxygen atoms in total. The van der Waals surface area contributed by atoms with Crippen molar-refractivity contribution >= 4 is 33.5 Å². The van der Waals surface area contributed by atoms with Gasteiger partial charge in [-0.05, 0) is 13.5 Å². The normalized spacial score (nSPS) is 16.5. The molecule has 1 heterocycles. The lowest BCUT2D eigenvalue weighted by atomic mass is 10.1. The summed E-state index contributed by atoms with van der Waals surface area (Å²) in [6, 6.07) is 0. The molecule has 0 amide bonds. The van der Waals surface area contributed by atoms with Crippen molar-refractivity contribution in [3.8, 4) is 0 Å². The first-order valence-electron chi connectivity index (χ1n) is 4.37. The first-order valence-corrected chi connectivity index (χ1v) is 9.31. The quantitative estimate of drug-likeness (QED) is 0.694. The molecule has 1 rings (SSSR count). The number of halogens is 9. The third-order valence-corrected chi connectivity index (χ3v) is 9.10. The van der Waals surface area contributed by atoms with Gasteiger partial charge in [0.2, 0.25) is 0 Å². The molecule has 0 unspecified atom stereocenters. The van der Waals surface area contributed by atoms with E-state index in [0.29, 0.717) is 0 Å². The Hall–Kier alpha value is -0.380. The summed E-state index contributed by atoms with van der Waals surface area (Å²) in [7, 11) is -11.3. The molecule has 1 aromatic rings. The summed E-state index contributed by atoms with van der Waals surface area (Å²) in [6.07, 6.45) is -7.10. The van der Waals surface area contributed by atoms with E-state index in [1.54, 1.807) is 0 Å². The van der Waals surface area contributed by atoms with Gasteiger partial charge >= 0.3 is 56.8 Å². The molecule has 0 saturated carbocycles. The topological polar surface area (TPSA) is 72.8 Å². The number of nitrogens with zero attached hydrogens (tertiary/aromatic N) is 3. The van der Waals surface area contributed by atoms with Crippen LogP contribution < -0.4 is 0 Å². The van der Waals surface area contributed by atoms with Gasteiger partial charge in [-0.2, -0.15) is 47.9 Å². The van der Waals surface area contributed by atoms with Gasteiger partial charge in [0.25, 0.3) is 0 Å². The molecule has 0 aliphatic heterocycles. The lowest BCUT2D eigenvalue weighted by Gasteiger charge is -2.31. The van der Waals surface area contributed by atoms with E-state index in [1.807, 2.05) is 0 Å². The van der Waals surface area contributed by atoms with Crippen LogP contribution in [0.1, 0.15) is 0 Å². The van der Waals surface area contributed by atoms with Crippen LogP contribution in [-0.2, 0) is 9.46 Å². The summed E-state index contributed by atoms with van der Waals surface area (Å²) in [6.45, 7) is 0. The van der Waals surface area contributed by atoms with Crippen molar-refractivity contribution in [1.82, 2.24) is 13.5 Å². The van der Waals surface area contributed by atoms with E-state index in [1.165, 1.54) is 0 Å². The molecule has 0 aliphatic carbocycles. The maximum absolute atomic E-state index is 13.3. The number of alkyl halides is 9. The zero-order valence-electron chi connectivity index (χ0n) is 9.31. The summed E-state index contributed by atoms with van der Waals surface area (Å²) >= 11 is 0. The van der Waals surface area contributed by atoms with Gasteiger partial charge in [-0.15, -0.1) is 0 Å². The molecule has 0 radical (unpaired) electrons. The van der Waals surface area contributed by atoms with Crippen LogP contribution in [-0.4, -0.2) is 45.2 Å². The first kappa shape index (κ1) is 19.7. The van der Waals surface area contributed by atoms with E-state index < -0.39 is 56.8 Å². The second-order valence-corrected chi connectivity index (χ2v) is 10.2. The zero-order chi connectivity index (χ0) is 17.6. The lowest BCUT2D eigenvalue weighted by Crippen LogP contribution is -2.62. The van der Waals surface area contributed by atoms with Crippen LogP contribution >= 0.6 is 24.1 Å². The lowest BCUT2D eigenvalue weighted by molar-refractivity contribution is -0.381. The molecule has 0 spiro atoms. The fourth-order valence-electron chi connectivity index (χ4n) is 0.861. The maximum Gasteiger partial charge on any atom is 0.460 e. The second-order valence-electron chi connectivity index (χ2n) is 3.34. The minimum absolute atomic E-state index is 0.513. The Bertz CT molecular complexity index is 650. The van der Waals surface area contributed by atoms with Gasteiger partial charge in [-0.3, -0.25) is 0 Å². The maximum atomic E-state index is 13.3. The van der Waals surface area contributed by atoms with Crippen molar-refractivity contribution < 1.29 is 47.9 Å². The Balaban J connectivity index is 3.52. The van der Waals surface area contributed by atoms with Gasteiger partial charge in [0.05, 0.1) is 0 Å². The first-order chi connectivity index (χ1) is 9.61. The van der Waals surface area contributed by atoms with E-state index in [9.17, 15) is 47.9 Å². The Morgan fingerprint density at radius 3 is 1.55 bits per heavy atom. The molecule has 0 N–H and O–H groups in total. The molecule has 1 aromatic heterocycles. The molecule has 0 bridgehead atoms. The van der Waals surface area contributed by atoms with E-state index in [-0.39, 0.29) is 0 Å². The van der Waals surface area contributed by atoms with Crippen LogP contribution in [0.15, 0.2) is 0 Å². The molecule has 0 fully saturated rings. The van der Waals surface area contributed by atoms with Crippen molar-refractivity contribution in [1.29, 1.82) is 0 Å². The highest BCUT2D eigenvalue weighted by Gasteiger charge is 2.86. The third kappa shape index (κ3) is 2.76. The Morgan fingerprint density at radius 2 is 1.18 bits per heavy atom. The predicted molar refractivity (Wildman–Crippen MR) is 57.2 cm³/mol. The summed E-state index contributed by atoms with van der Waals surface area (Å²) in [5.41, 5.74) is 0. The van der Waals surface area contributed by atoms with Crippen LogP contribution in [0.5, 0.6) is 0 Å². The summed E-state index contributed by atoms with van der Waals surface area (Å²) in [4.78, 5) is 0. The van der Waals surface area contributed by atoms with Gasteiger partial charge in [-0.25, -0.2) is 0 Å². The van der Waals surface area contributed by atoms with Crippen molar-refractivity contribution in [2.24, 2.45) is 0 Å². The third-order valence-electron chi connectivity index (χ3n) is 1.97. The van der Waals surface area contributed by atoms with E-state index in [4.69, 9.17) is 0 Å². The van der Waals surface area contributed by atoms with Gasteiger partial charge in [0.15, 0.2) is 0 Å². The molecule has 0 aromatic carbocycles. The van der Waals surface area contributed by atoms with Crippen LogP contribution in [0.3, 0.4) is 0 Å². The highest BCUT2D eigenvalue weighted by molar-refractivity contribution is 8.46. The van der Waals surface area contributed by atoms with E-state index in [2.05, 4.69) is 13.5 Å². The predicted octanol–water partition coefficient (Wildman–Crippen LogP) is 3.90. The van der Waals surface area contributed by atoms with Crippen LogP contribution in [0.25, 0.3) is 0 Å². The summed E-state index contributed by atoms with van der Waals surface area (Å²) in [5, 5.41) is -6.75. The van der Waals surface area contributed by atoms with Gasteiger partial charge in [0, 0.05) is 0 Å². The Labute approximate surface area is 119 Å². The zero-order valence-corrected chi connectivity index (χ0v) is 12.8. The highest BCUT2D eigenvalue weighted by atomic mass is 32.8. The van der Waals surface area contributed by atoms with Crippen molar-refractivity contribution in [2.45, 2.75) is 23.3 Å². The molecular formula is C4F9N3O2P3S+. The van der Waals surface area contributed by atoms with Crippen LogP contribution in [0.2, 0.25) is 0 Å². The number of hydrogen-bond donors (Lipinski definition) is 0. The average Bonchev–Trinajstić information content (AvgIpc) is 2.37.